The zero-order chi connectivity index (χ0) is 28.5. The van der Waals surface area contributed by atoms with E-state index in [-0.39, 0.29) is 30.4 Å². The van der Waals surface area contributed by atoms with E-state index in [2.05, 4.69) is 15.8 Å². The molecule has 2 aromatic rings. The van der Waals surface area contributed by atoms with Gasteiger partial charge in [-0.1, -0.05) is 30.3 Å². The Bertz CT molecular complexity index is 1160. The van der Waals surface area contributed by atoms with Crippen LogP contribution in [0.1, 0.15) is 61.5 Å². The average molecular weight is 557 g/mol. The topological polar surface area (TPSA) is 66.0 Å². The summed E-state index contributed by atoms with van der Waals surface area (Å²) < 4.78 is 86.4. The summed E-state index contributed by atoms with van der Waals surface area (Å²) in [7, 11) is 0. The van der Waals surface area contributed by atoms with E-state index in [1.165, 1.54) is 13.8 Å². The number of piperidine rings is 1. The molecule has 2 aliphatic heterocycles. The Balaban J connectivity index is 1.60. The molecule has 12 heteroatoms. The number of hydrazone groups is 1. The maximum Gasteiger partial charge on any atom is 0.416 e. The van der Waals surface area contributed by atoms with Crippen molar-refractivity contribution in [2.45, 2.75) is 62.6 Å². The van der Waals surface area contributed by atoms with E-state index >= 15 is 0 Å². The number of Topliss-reactive ketones (excluding diaryl/α,β-unsaturated/α-hetero) is 1. The lowest BCUT2D eigenvalue weighted by atomic mass is 9.74. The van der Waals surface area contributed by atoms with Crippen molar-refractivity contribution >= 4 is 12.1 Å². The number of benzene rings is 2. The van der Waals surface area contributed by atoms with Gasteiger partial charge in [0, 0.05) is 13.0 Å². The van der Waals surface area contributed by atoms with Crippen molar-refractivity contribution in [2.75, 3.05) is 19.8 Å². The van der Waals surface area contributed by atoms with E-state index in [1.54, 1.807) is 6.34 Å². The van der Waals surface area contributed by atoms with Crippen LogP contribution >= 0.6 is 0 Å². The van der Waals surface area contributed by atoms with Gasteiger partial charge >= 0.3 is 12.4 Å². The van der Waals surface area contributed by atoms with Crippen LogP contribution in [0.4, 0.5) is 26.3 Å². The molecule has 2 aromatic carbocycles. The lowest BCUT2D eigenvalue weighted by Crippen LogP contribution is -2.64. The summed E-state index contributed by atoms with van der Waals surface area (Å²) in [6.07, 6.45) is -7.95. The summed E-state index contributed by atoms with van der Waals surface area (Å²) in [5.74, 6) is 0.0131. The number of hydrogen-bond donors (Lipinski definition) is 2. The third-order valence-electron chi connectivity index (χ3n) is 7.48. The highest BCUT2D eigenvalue weighted by Gasteiger charge is 2.47. The fraction of sp³-hybridized carbons (Fsp3) is 0.481. The van der Waals surface area contributed by atoms with Crippen LogP contribution < -0.4 is 10.7 Å². The summed E-state index contributed by atoms with van der Waals surface area (Å²) in [6, 6.07) is 10.8. The van der Waals surface area contributed by atoms with Crippen LogP contribution in [-0.4, -0.2) is 42.4 Å². The number of carbonyl (C=O) groups is 1. The highest BCUT2D eigenvalue weighted by molar-refractivity contribution is 5.77. The minimum atomic E-state index is -4.94. The van der Waals surface area contributed by atoms with Crippen LogP contribution in [0.3, 0.4) is 0 Å². The molecule has 0 amide bonds. The predicted octanol–water partition coefficient (Wildman–Crippen LogP) is 5.60. The second-order valence-corrected chi connectivity index (χ2v) is 10.2. The zero-order valence-electron chi connectivity index (χ0n) is 21.5. The van der Waals surface area contributed by atoms with Gasteiger partial charge in [-0.15, -0.1) is 0 Å². The van der Waals surface area contributed by atoms with Crippen LogP contribution in [0, 0.1) is 0 Å². The van der Waals surface area contributed by atoms with Crippen LogP contribution in [0.25, 0.3) is 0 Å². The Kier molecular flexibility index (Phi) is 8.00. The molecule has 39 heavy (non-hydrogen) atoms. The van der Waals surface area contributed by atoms with E-state index in [0.717, 1.165) is 5.56 Å². The quantitative estimate of drug-likeness (QED) is 0.415. The van der Waals surface area contributed by atoms with Gasteiger partial charge in [0.25, 0.3) is 0 Å². The molecule has 4 rings (SSSR count). The largest absolute Gasteiger partial charge is 0.416 e. The molecule has 3 atom stereocenters. The fourth-order valence-electron chi connectivity index (χ4n) is 5.26. The summed E-state index contributed by atoms with van der Waals surface area (Å²) >= 11 is 0. The van der Waals surface area contributed by atoms with Crippen molar-refractivity contribution in [3.05, 3.63) is 70.8 Å². The first-order chi connectivity index (χ1) is 18.2. The molecule has 1 saturated heterocycles. The van der Waals surface area contributed by atoms with Crippen LogP contribution in [0.5, 0.6) is 0 Å². The van der Waals surface area contributed by atoms with Crippen LogP contribution in [0.2, 0.25) is 0 Å². The number of halogens is 6. The first kappa shape index (κ1) is 28.9. The van der Waals surface area contributed by atoms with E-state index in [0.29, 0.717) is 38.2 Å². The van der Waals surface area contributed by atoms with Crippen molar-refractivity contribution in [3.63, 3.8) is 0 Å². The first-order valence-electron chi connectivity index (χ1n) is 12.5. The molecular weight excluding hydrogens is 526 g/mol. The maximum atomic E-state index is 13.4. The van der Waals surface area contributed by atoms with E-state index < -0.39 is 40.7 Å². The molecule has 212 valence electrons. The number of nitrogens with zero attached hydrogens (tertiary/aromatic N) is 2. The number of rotatable bonds is 8. The molecule has 0 aliphatic carbocycles. The van der Waals surface area contributed by atoms with Gasteiger partial charge in [-0.2, -0.15) is 31.4 Å². The maximum absolute atomic E-state index is 13.4. The zero-order valence-corrected chi connectivity index (χ0v) is 21.5. The summed E-state index contributed by atoms with van der Waals surface area (Å²) in [6.45, 7) is 3.77. The van der Waals surface area contributed by atoms with Crippen molar-refractivity contribution in [2.24, 2.45) is 5.10 Å². The molecule has 2 heterocycles. The third kappa shape index (κ3) is 6.38. The Morgan fingerprint density at radius 3 is 2.18 bits per heavy atom. The van der Waals surface area contributed by atoms with Gasteiger partial charge in [0.1, 0.15) is 18.8 Å². The number of hydrogen-bond acceptors (Lipinski definition) is 6. The second-order valence-electron chi connectivity index (χ2n) is 10.2. The normalized spacial score (nSPS) is 24.5. The number of carbonyl (C=O) groups excluding carboxylic acids is 1. The number of alkyl halides is 6. The third-order valence-corrected chi connectivity index (χ3v) is 7.48. The molecule has 0 spiro atoms. The number of ketones is 1. The van der Waals surface area contributed by atoms with Gasteiger partial charge in [-0.25, -0.2) is 0 Å². The van der Waals surface area contributed by atoms with E-state index in [9.17, 15) is 31.1 Å². The van der Waals surface area contributed by atoms with Crippen LogP contribution in [-0.2, 0) is 27.4 Å². The Morgan fingerprint density at radius 2 is 1.69 bits per heavy atom. The van der Waals surface area contributed by atoms with Crippen LogP contribution in [0.15, 0.2) is 53.6 Å². The predicted molar refractivity (Wildman–Crippen MR) is 133 cm³/mol. The highest BCUT2D eigenvalue weighted by Crippen LogP contribution is 2.41. The molecule has 0 saturated carbocycles. The molecule has 1 fully saturated rings. The van der Waals surface area contributed by atoms with E-state index in [1.807, 2.05) is 35.2 Å². The number of ether oxygens (including phenoxy) is 1. The first-order valence-corrected chi connectivity index (χ1v) is 12.5. The van der Waals surface area contributed by atoms with Gasteiger partial charge in [0.15, 0.2) is 0 Å². The summed E-state index contributed by atoms with van der Waals surface area (Å²) in [4.78, 5) is 14.1. The van der Waals surface area contributed by atoms with E-state index in [4.69, 9.17) is 4.74 Å². The second kappa shape index (κ2) is 10.8. The molecule has 0 bridgehead atoms. The highest BCUT2D eigenvalue weighted by atomic mass is 19.4. The molecule has 0 radical (unpaired) electrons. The van der Waals surface area contributed by atoms with Gasteiger partial charge in [0.2, 0.25) is 0 Å². The summed E-state index contributed by atoms with van der Waals surface area (Å²) in [5.41, 5.74) is -0.578. The monoisotopic (exact) mass is 556 g/mol. The van der Waals surface area contributed by atoms with Crippen molar-refractivity contribution in [1.82, 2.24) is 15.6 Å². The van der Waals surface area contributed by atoms with Gasteiger partial charge in [-0.05, 0) is 56.0 Å². The molecule has 2 N–H and O–H groups in total. The number of nitrogens with one attached hydrogen (secondary N) is 2. The average Bonchev–Trinajstić information content (AvgIpc) is 3.43. The standard InChI is InChI=1S/C27H30F6N4O2/c1-18(38)13-24(37-16-35-36-17-37)8-9-25(34-14-24,21-6-4-3-5-7-21)15-39-19(2)20-10-22(26(28,29)30)12-23(11-20)27(31,32)33/h3-7,10-12,16,19,34,36H,8-9,13-15,17H2,1-2H3/t19-,24-,25-/m1/s1. The van der Waals surface area contributed by atoms with Gasteiger partial charge in [0.05, 0.1) is 34.9 Å². The molecule has 0 aromatic heterocycles. The SMILES string of the molecule is CC(=O)C[C@]1(N2C=NNC2)CC[C@@](CO[C@H](C)c2cc(C(F)(F)F)cc(C(F)(F)F)c2)(c2ccccc2)NC1. The Morgan fingerprint density at radius 1 is 1.05 bits per heavy atom. The van der Waals surface area contributed by atoms with Crippen molar-refractivity contribution < 1.29 is 35.9 Å². The lowest BCUT2D eigenvalue weighted by Gasteiger charge is -2.50. The van der Waals surface area contributed by atoms with Crippen molar-refractivity contribution in [1.29, 1.82) is 0 Å². The molecular formula is C27H30F6N4O2. The Labute approximate surface area is 222 Å². The Hall–Kier alpha value is -3.12. The summed E-state index contributed by atoms with van der Waals surface area (Å²) in [5, 5.41) is 7.59. The molecule has 0 unspecified atom stereocenters. The molecule has 6 nitrogen and oxygen atoms in total. The minimum Gasteiger partial charge on any atom is -0.372 e. The van der Waals surface area contributed by atoms with Crippen molar-refractivity contribution in [3.8, 4) is 0 Å². The fourth-order valence-corrected chi connectivity index (χ4v) is 5.26. The lowest BCUT2D eigenvalue weighted by molar-refractivity contribution is -0.143. The minimum absolute atomic E-state index is 0.0131. The smallest absolute Gasteiger partial charge is 0.372 e. The van der Waals surface area contributed by atoms with Gasteiger partial charge < -0.3 is 15.0 Å². The van der Waals surface area contributed by atoms with Gasteiger partial charge in [-0.3, -0.25) is 10.2 Å². The molecule has 2 aliphatic rings.